The molecule has 140 valence electrons. The van der Waals surface area contributed by atoms with Gasteiger partial charge < -0.3 is 20.5 Å². The smallest absolute Gasteiger partial charge is 0.348 e. The number of primary amides is 1. The molecule has 0 aliphatic carbocycles. The third kappa shape index (κ3) is 7.13. The van der Waals surface area contributed by atoms with Crippen molar-refractivity contribution in [2.75, 3.05) is 7.11 Å². The van der Waals surface area contributed by atoms with Crippen LogP contribution in [0.3, 0.4) is 0 Å². The lowest BCUT2D eigenvalue weighted by Crippen LogP contribution is -2.41. The van der Waals surface area contributed by atoms with Crippen LogP contribution in [0.5, 0.6) is 0 Å². The molecule has 9 heteroatoms. The fraction of sp³-hybridized carbons (Fsp3) is 0.562. The Kier molecular flexibility index (Phi) is 8.04. The average Bonchev–Trinajstić information content (AvgIpc) is 2.85. The van der Waals surface area contributed by atoms with Crippen molar-refractivity contribution in [1.29, 1.82) is 0 Å². The van der Waals surface area contributed by atoms with E-state index in [2.05, 4.69) is 21.2 Å². The molecule has 0 radical (unpaired) electrons. The monoisotopic (exact) mass is 434 g/mol. The highest BCUT2D eigenvalue weighted by Gasteiger charge is 2.23. The second-order valence-corrected chi connectivity index (χ2v) is 8.08. The van der Waals surface area contributed by atoms with Gasteiger partial charge >= 0.3 is 11.9 Å². The fourth-order valence-electron chi connectivity index (χ4n) is 2.02. The molecule has 1 aromatic rings. The van der Waals surface area contributed by atoms with Crippen LogP contribution < -0.4 is 11.1 Å². The van der Waals surface area contributed by atoms with Crippen LogP contribution in [0.25, 0.3) is 0 Å². The van der Waals surface area contributed by atoms with E-state index in [9.17, 15) is 14.4 Å². The van der Waals surface area contributed by atoms with Crippen molar-refractivity contribution < 1.29 is 23.9 Å². The van der Waals surface area contributed by atoms with E-state index in [-0.39, 0.29) is 19.4 Å². The summed E-state index contributed by atoms with van der Waals surface area (Å²) in [7, 11) is 1.31. The number of halogens is 1. The number of hydrogen-bond donors (Lipinski definition) is 2. The molecule has 0 saturated heterocycles. The molecule has 1 heterocycles. The number of esters is 2. The third-order valence-electron chi connectivity index (χ3n) is 3.14. The molecule has 1 atom stereocenters. The van der Waals surface area contributed by atoms with Gasteiger partial charge in [-0.05, 0) is 43.1 Å². The summed E-state index contributed by atoms with van der Waals surface area (Å²) < 4.78 is 10.7. The SMILES string of the molecule is COC(=O)c1scc(Br)c1CNC(CCC(=O)OC(C)(C)C)C(N)=O. The van der Waals surface area contributed by atoms with Crippen LogP contribution in [-0.4, -0.2) is 36.6 Å². The Morgan fingerprint density at radius 2 is 2.00 bits per heavy atom. The summed E-state index contributed by atoms with van der Waals surface area (Å²) in [5.74, 6) is -1.42. The second-order valence-electron chi connectivity index (χ2n) is 6.34. The maximum Gasteiger partial charge on any atom is 0.348 e. The average molecular weight is 435 g/mol. The maximum absolute atomic E-state index is 11.8. The first-order valence-electron chi connectivity index (χ1n) is 7.64. The molecule has 3 N–H and O–H groups in total. The van der Waals surface area contributed by atoms with E-state index < -0.39 is 29.5 Å². The summed E-state index contributed by atoms with van der Waals surface area (Å²) in [6.45, 7) is 5.56. The van der Waals surface area contributed by atoms with Gasteiger partial charge in [-0.25, -0.2) is 4.79 Å². The van der Waals surface area contributed by atoms with Gasteiger partial charge in [0.2, 0.25) is 5.91 Å². The zero-order valence-electron chi connectivity index (χ0n) is 14.7. The number of ether oxygens (including phenoxy) is 2. The largest absolute Gasteiger partial charge is 0.465 e. The molecule has 1 rings (SSSR count). The molecule has 25 heavy (non-hydrogen) atoms. The van der Waals surface area contributed by atoms with Gasteiger partial charge in [-0.1, -0.05) is 0 Å². The van der Waals surface area contributed by atoms with Crippen LogP contribution in [0, 0.1) is 0 Å². The number of methoxy groups -OCH3 is 1. The van der Waals surface area contributed by atoms with Crippen molar-refractivity contribution >= 4 is 45.1 Å². The van der Waals surface area contributed by atoms with Gasteiger partial charge in [-0.2, -0.15) is 0 Å². The van der Waals surface area contributed by atoms with Gasteiger partial charge in [0.25, 0.3) is 0 Å². The van der Waals surface area contributed by atoms with Crippen molar-refractivity contribution in [2.24, 2.45) is 5.73 Å². The number of thiophene rings is 1. The van der Waals surface area contributed by atoms with E-state index >= 15 is 0 Å². The van der Waals surface area contributed by atoms with E-state index in [0.717, 1.165) is 4.47 Å². The van der Waals surface area contributed by atoms with Gasteiger partial charge in [-0.3, -0.25) is 9.59 Å². The molecule has 1 aromatic heterocycles. The number of hydrogen-bond acceptors (Lipinski definition) is 7. The van der Waals surface area contributed by atoms with Gasteiger partial charge in [0.15, 0.2) is 0 Å². The summed E-state index contributed by atoms with van der Waals surface area (Å²) >= 11 is 4.61. The highest BCUT2D eigenvalue weighted by molar-refractivity contribution is 9.10. The molecule has 0 fully saturated rings. The van der Waals surface area contributed by atoms with E-state index in [1.807, 2.05) is 0 Å². The molecule has 0 aliphatic rings. The summed E-state index contributed by atoms with van der Waals surface area (Å²) in [5.41, 5.74) is 5.50. The molecular weight excluding hydrogens is 412 g/mol. The number of nitrogens with two attached hydrogens (primary N) is 1. The molecule has 0 aromatic carbocycles. The van der Waals surface area contributed by atoms with Crippen LogP contribution in [0.15, 0.2) is 9.85 Å². The molecule has 0 saturated carbocycles. The zero-order chi connectivity index (χ0) is 19.2. The van der Waals surface area contributed by atoms with Crippen LogP contribution >= 0.6 is 27.3 Å². The normalized spacial score (nSPS) is 12.5. The van der Waals surface area contributed by atoms with E-state index in [1.165, 1.54) is 18.4 Å². The van der Waals surface area contributed by atoms with Crippen molar-refractivity contribution in [2.45, 2.75) is 51.8 Å². The summed E-state index contributed by atoms with van der Waals surface area (Å²) in [4.78, 5) is 35.6. The van der Waals surface area contributed by atoms with E-state index in [1.54, 1.807) is 26.2 Å². The van der Waals surface area contributed by atoms with Crippen LogP contribution in [0.4, 0.5) is 0 Å². The Bertz CT molecular complexity index is 639. The highest BCUT2D eigenvalue weighted by atomic mass is 79.9. The first-order valence-corrected chi connectivity index (χ1v) is 9.31. The lowest BCUT2D eigenvalue weighted by atomic mass is 10.1. The van der Waals surface area contributed by atoms with Crippen molar-refractivity contribution in [1.82, 2.24) is 5.32 Å². The lowest BCUT2D eigenvalue weighted by Gasteiger charge is -2.20. The standard InChI is InChI=1S/C16H23BrN2O5S/c1-16(2,3)24-12(20)6-5-11(14(18)21)19-7-9-10(17)8-25-13(9)15(22)23-4/h8,11,19H,5-7H2,1-4H3,(H2,18,21). The van der Waals surface area contributed by atoms with Gasteiger partial charge in [-0.15, -0.1) is 11.3 Å². The first kappa shape index (κ1) is 21.6. The number of carbonyl (C=O) groups excluding carboxylic acids is 3. The van der Waals surface area contributed by atoms with Crippen molar-refractivity contribution in [3.63, 3.8) is 0 Å². The lowest BCUT2D eigenvalue weighted by molar-refractivity contribution is -0.155. The van der Waals surface area contributed by atoms with Gasteiger partial charge in [0.1, 0.15) is 10.5 Å². The predicted octanol–water partition coefficient (Wildman–Crippen LogP) is 2.36. The van der Waals surface area contributed by atoms with E-state index in [4.69, 9.17) is 15.2 Å². The summed E-state index contributed by atoms with van der Waals surface area (Å²) in [5, 5.41) is 4.75. The van der Waals surface area contributed by atoms with Gasteiger partial charge in [0.05, 0.1) is 13.2 Å². The number of nitrogens with one attached hydrogen (secondary N) is 1. The minimum Gasteiger partial charge on any atom is -0.465 e. The Hall–Kier alpha value is -1.45. The molecule has 0 aliphatic heterocycles. The Labute approximate surface area is 159 Å². The van der Waals surface area contributed by atoms with Crippen molar-refractivity contribution in [3.05, 3.63) is 20.3 Å². The zero-order valence-corrected chi connectivity index (χ0v) is 17.1. The molecule has 1 unspecified atom stereocenters. The van der Waals surface area contributed by atoms with E-state index in [0.29, 0.717) is 10.4 Å². The molecular formula is C16H23BrN2O5S. The fourth-order valence-corrected chi connectivity index (χ4v) is 3.63. The Morgan fingerprint density at radius 3 is 2.52 bits per heavy atom. The van der Waals surface area contributed by atoms with Crippen LogP contribution in [0.1, 0.15) is 48.8 Å². The van der Waals surface area contributed by atoms with Crippen LogP contribution in [-0.2, 0) is 25.6 Å². The van der Waals surface area contributed by atoms with Crippen molar-refractivity contribution in [3.8, 4) is 0 Å². The third-order valence-corrected chi connectivity index (χ3v) is 5.15. The number of carbonyl (C=O) groups is 3. The molecule has 0 spiro atoms. The molecule has 0 bridgehead atoms. The Morgan fingerprint density at radius 1 is 1.36 bits per heavy atom. The minimum atomic E-state index is -0.718. The van der Waals surface area contributed by atoms with Crippen LogP contribution in [0.2, 0.25) is 0 Å². The summed E-state index contributed by atoms with van der Waals surface area (Å²) in [6, 6.07) is -0.718. The minimum absolute atomic E-state index is 0.0620. The summed E-state index contributed by atoms with van der Waals surface area (Å²) in [6.07, 6.45) is 0.270. The highest BCUT2D eigenvalue weighted by Crippen LogP contribution is 2.28. The maximum atomic E-state index is 11.8. The number of amides is 1. The van der Waals surface area contributed by atoms with Gasteiger partial charge in [0, 0.05) is 28.4 Å². The molecule has 7 nitrogen and oxygen atoms in total. The first-order chi connectivity index (χ1) is 11.5. The topological polar surface area (TPSA) is 108 Å². The predicted molar refractivity (Wildman–Crippen MR) is 98.3 cm³/mol. The molecule has 1 amide bonds. The quantitative estimate of drug-likeness (QED) is 0.607. The second kappa shape index (κ2) is 9.30. The number of rotatable bonds is 8. The Balaban J connectivity index is 2.68.